The van der Waals surface area contributed by atoms with Gasteiger partial charge in [0, 0.05) is 11.5 Å². The molecule has 1 N–H and O–H groups in total. The Labute approximate surface area is 119 Å². The van der Waals surface area contributed by atoms with Crippen LogP contribution in [0.3, 0.4) is 0 Å². The summed E-state index contributed by atoms with van der Waals surface area (Å²) in [7, 11) is 0. The normalized spacial score (nSPS) is 14.8. The van der Waals surface area contributed by atoms with Crippen LogP contribution >= 0.6 is 23.5 Å². The predicted molar refractivity (Wildman–Crippen MR) is 80.1 cm³/mol. The van der Waals surface area contributed by atoms with E-state index in [0.29, 0.717) is 4.24 Å². The second kappa shape index (κ2) is 6.63. The molecule has 0 radical (unpaired) electrons. The molecular weight excluding hydrogens is 280 g/mol. The lowest BCUT2D eigenvalue weighted by Gasteiger charge is -2.01. The van der Waals surface area contributed by atoms with E-state index in [1.165, 1.54) is 29.6 Å². The Balaban J connectivity index is 2.20. The third-order valence-electron chi connectivity index (χ3n) is 2.44. The minimum atomic E-state index is -1.15. The number of ketones is 1. The van der Waals surface area contributed by atoms with Crippen LogP contribution in [0.15, 0.2) is 46.2 Å². The zero-order valence-corrected chi connectivity index (χ0v) is 11.7. The van der Waals surface area contributed by atoms with Crippen molar-refractivity contribution < 1.29 is 14.7 Å². The number of carbonyl (C=O) groups is 2. The molecule has 0 unspecified atom stereocenters. The highest BCUT2D eigenvalue weighted by atomic mass is 32.2. The summed E-state index contributed by atoms with van der Waals surface area (Å²) in [6.07, 6.45) is 2.96. The topological polar surface area (TPSA) is 54.4 Å². The molecule has 1 aromatic rings. The zero-order valence-electron chi connectivity index (χ0n) is 10.0. The van der Waals surface area contributed by atoms with Crippen LogP contribution in [0, 0.1) is 0 Å². The second-order valence-electron chi connectivity index (χ2n) is 3.77. The first kappa shape index (κ1) is 14.0. The van der Waals surface area contributed by atoms with Gasteiger partial charge in [-0.05, 0) is 11.6 Å². The van der Waals surface area contributed by atoms with Crippen molar-refractivity contribution in [1.82, 2.24) is 0 Å². The van der Waals surface area contributed by atoms with Crippen molar-refractivity contribution in [2.24, 2.45) is 0 Å². The van der Waals surface area contributed by atoms with Crippen molar-refractivity contribution in [3.05, 3.63) is 51.8 Å². The fourth-order valence-corrected chi connectivity index (χ4v) is 4.10. The first-order chi connectivity index (χ1) is 9.18. The molecule has 1 fully saturated rings. The lowest BCUT2D eigenvalue weighted by molar-refractivity contribution is -0.134. The molecule has 19 heavy (non-hydrogen) atoms. The van der Waals surface area contributed by atoms with Gasteiger partial charge in [0.15, 0.2) is 5.78 Å². The third-order valence-corrected chi connectivity index (χ3v) is 5.16. The summed E-state index contributed by atoms with van der Waals surface area (Å²) in [6.45, 7) is 0. The number of rotatable bonds is 4. The maximum absolute atomic E-state index is 12.0. The molecule has 0 aliphatic carbocycles. The minimum absolute atomic E-state index is 0.111. The second-order valence-corrected chi connectivity index (χ2v) is 6.24. The highest BCUT2D eigenvalue weighted by Crippen LogP contribution is 2.39. The number of hydrogen-bond acceptors (Lipinski definition) is 4. The molecule has 1 aliphatic rings. The standard InChI is InChI=1S/C14H12O3S2/c15-11(7-6-10-4-2-1-3-5-10)12(13(16)17)14-18-8-9-19-14/h1-7H,8-9H2,(H,16,17). The molecule has 0 spiro atoms. The van der Waals surface area contributed by atoms with Gasteiger partial charge in [-0.3, -0.25) is 4.79 Å². The number of carbonyl (C=O) groups excluding carboxylic acids is 1. The molecule has 1 heterocycles. The Morgan fingerprint density at radius 2 is 1.74 bits per heavy atom. The minimum Gasteiger partial charge on any atom is -0.477 e. The Morgan fingerprint density at radius 1 is 1.11 bits per heavy atom. The quantitative estimate of drug-likeness (QED) is 0.525. The van der Waals surface area contributed by atoms with Gasteiger partial charge in [-0.25, -0.2) is 4.79 Å². The first-order valence-corrected chi connectivity index (χ1v) is 7.66. The van der Waals surface area contributed by atoms with Gasteiger partial charge in [0.25, 0.3) is 0 Å². The fraction of sp³-hybridized carbons (Fsp3) is 0.143. The average Bonchev–Trinajstić information content (AvgIpc) is 2.91. The number of hydrogen-bond donors (Lipinski definition) is 1. The van der Waals surface area contributed by atoms with E-state index in [1.54, 1.807) is 6.08 Å². The smallest absolute Gasteiger partial charge is 0.341 e. The first-order valence-electron chi connectivity index (χ1n) is 5.69. The van der Waals surface area contributed by atoms with Crippen molar-refractivity contribution >= 4 is 41.4 Å². The van der Waals surface area contributed by atoms with Gasteiger partial charge in [0.1, 0.15) is 5.57 Å². The molecule has 2 rings (SSSR count). The maximum atomic E-state index is 12.0. The van der Waals surface area contributed by atoms with Crippen LogP contribution in [-0.2, 0) is 9.59 Å². The lowest BCUT2D eigenvalue weighted by Crippen LogP contribution is -2.11. The van der Waals surface area contributed by atoms with Crippen molar-refractivity contribution in [1.29, 1.82) is 0 Å². The predicted octanol–water partition coefficient (Wildman–Crippen LogP) is 3.05. The van der Waals surface area contributed by atoms with Gasteiger partial charge in [0.2, 0.25) is 0 Å². The van der Waals surface area contributed by atoms with Crippen LogP contribution in [0.4, 0.5) is 0 Å². The Kier molecular flexibility index (Phi) is 4.87. The van der Waals surface area contributed by atoms with E-state index in [9.17, 15) is 9.59 Å². The summed E-state index contributed by atoms with van der Waals surface area (Å²) in [4.78, 5) is 23.2. The molecule has 0 aromatic heterocycles. The van der Waals surface area contributed by atoms with Crippen molar-refractivity contribution in [2.75, 3.05) is 11.5 Å². The molecule has 0 atom stereocenters. The monoisotopic (exact) mass is 292 g/mol. The summed E-state index contributed by atoms with van der Waals surface area (Å²) in [6, 6.07) is 9.33. The largest absolute Gasteiger partial charge is 0.477 e. The van der Waals surface area contributed by atoms with E-state index < -0.39 is 11.8 Å². The van der Waals surface area contributed by atoms with Gasteiger partial charge in [-0.15, -0.1) is 23.5 Å². The van der Waals surface area contributed by atoms with E-state index in [1.807, 2.05) is 30.3 Å². The van der Waals surface area contributed by atoms with Crippen molar-refractivity contribution in [3.63, 3.8) is 0 Å². The number of carboxylic acids is 1. The molecule has 5 heteroatoms. The molecule has 1 saturated heterocycles. The number of benzene rings is 1. The molecule has 1 aliphatic heterocycles. The van der Waals surface area contributed by atoms with Gasteiger partial charge < -0.3 is 5.11 Å². The summed E-state index contributed by atoms with van der Waals surface area (Å²) in [5.74, 6) is 0.103. The van der Waals surface area contributed by atoms with Crippen molar-refractivity contribution in [3.8, 4) is 0 Å². The SMILES string of the molecule is O=C(O)C(C(=O)C=Cc1ccccc1)=C1SCCS1. The Morgan fingerprint density at radius 3 is 2.32 bits per heavy atom. The molecule has 3 nitrogen and oxygen atoms in total. The lowest BCUT2D eigenvalue weighted by atomic mass is 10.1. The van der Waals surface area contributed by atoms with E-state index in [4.69, 9.17) is 5.11 Å². The Bertz CT molecular complexity index is 539. The third kappa shape index (κ3) is 3.75. The fourth-order valence-electron chi connectivity index (χ4n) is 1.57. The average molecular weight is 292 g/mol. The van der Waals surface area contributed by atoms with E-state index in [0.717, 1.165) is 17.1 Å². The molecular formula is C14H12O3S2. The maximum Gasteiger partial charge on any atom is 0.341 e. The zero-order chi connectivity index (χ0) is 13.7. The Hall–Kier alpha value is -1.46. The van der Waals surface area contributed by atoms with E-state index in [-0.39, 0.29) is 5.57 Å². The molecule has 0 bridgehead atoms. The van der Waals surface area contributed by atoms with Gasteiger partial charge >= 0.3 is 5.97 Å². The number of thioether (sulfide) groups is 2. The van der Waals surface area contributed by atoms with Crippen LogP contribution in [0.5, 0.6) is 0 Å². The van der Waals surface area contributed by atoms with Gasteiger partial charge in [-0.1, -0.05) is 36.4 Å². The van der Waals surface area contributed by atoms with Crippen molar-refractivity contribution in [2.45, 2.75) is 0 Å². The van der Waals surface area contributed by atoms with Crippen LogP contribution in [-0.4, -0.2) is 28.4 Å². The highest BCUT2D eigenvalue weighted by molar-refractivity contribution is 8.25. The van der Waals surface area contributed by atoms with Crippen LogP contribution in [0.25, 0.3) is 6.08 Å². The van der Waals surface area contributed by atoms with Gasteiger partial charge in [-0.2, -0.15) is 0 Å². The molecule has 0 saturated carbocycles. The highest BCUT2D eigenvalue weighted by Gasteiger charge is 2.24. The van der Waals surface area contributed by atoms with Crippen LogP contribution in [0.2, 0.25) is 0 Å². The summed E-state index contributed by atoms with van der Waals surface area (Å²) < 4.78 is 0.621. The van der Waals surface area contributed by atoms with Crippen LogP contribution in [0.1, 0.15) is 5.56 Å². The van der Waals surface area contributed by atoms with Crippen LogP contribution < -0.4 is 0 Å². The summed E-state index contributed by atoms with van der Waals surface area (Å²) in [5, 5.41) is 9.16. The number of carboxylic acid groups (broad SMARTS) is 1. The molecule has 98 valence electrons. The number of allylic oxidation sites excluding steroid dienone is 1. The number of aliphatic carboxylic acids is 1. The van der Waals surface area contributed by atoms with E-state index in [2.05, 4.69) is 0 Å². The molecule has 1 aromatic carbocycles. The summed E-state index contributed by atoms with van der Waals surface area (Å²) in [5.41, 5.74) is 0.761. The summed E-state index contributed by atoms with van der Waals surface area (Å²) >= 11 is 2.87. The van der Waals surface area contributed by atoms with Gasteiger partial charge in [0.05, 0.1) is 4.24 Å². The van der Waals surface area contributed by atoms with E-state index >= 15 is 0 Å². The molecule has 0 amide bonds.